The van der Waals surface area contributed by atoms with Gasteiger partial charge in [0.25, 0.3) is 0 Å². The Morgan fingerprint density at radius 2 is 2.15 bits per heavy atom. The van der Waals surface area contributed by atoms with Crippen LogP contribution in [0.3, 0.4) is 0 Å². The Hall–Kier alpha value is -2.12. The molecule has 0 aromatic heterocycles. The van der Waals surface area contributed by atoms with Crippen LogP contribution in [0.2, 0.25) is 0 Å². The number of hydrogen-bond acceptors (Lipinski definition) is 6. The minimum atomic E-state index is -1.55. The van der Waals surface area contributed by atoms with E-state index in [9.17, 15) is 20.2 Å². The summed E-state index contributed by atoms with van der Waals surface area (Å²) in [6.07, 6.45) is -4.05. The van der Waals surface area contributed by atoms with Crippen LogP contribution in [0.15, 0.2) is 30.3 Å². The molecule has 2 N–H and O–H groups in total. The first-order chi connectivity index (χ1) is 9.56. The zero-order valence-corrected chi connectivity index (χ0v) is 10.8. The quantitative estimate of drug-likeness (QED) is 0.590. The van der Waals surface area contributed by atoms with Crippen molar-refractivity contribution < 1.29 is 29.5 Å². The summed E-state index contributed by atoms with van der Waals surface area (Å²) >= 11 is 0. The van der Waals surface area contributed by atoms with E-state index in [1.165, 1.54) is 0 Å². The van der Waals surface area contributed by atoms with Crippen LogP contribution in [0.25, 0.3) is 0 Å². The second kappa shape index (κ2) is 5.89. The first-order valence-electron chi connectivity index (χ1n) is 6.15. The van der Waals surface area contributed by atoms with Crippen molar-refractivity contribution in [2.24, 2.45) is 0 Å². The summed E-state index contributed by atoms with van der Waals surface area (Å²) in [7, 11) is 0. The zero-order valence-electron chi connectivity index (χ0n) is 10.8. The Balaban J connectivity index is 2.17. The third kappa shape index (κ3) is 2.59. The van der Waals surface area contributed by atoms with Crippen LogP contribution in [-0.2, 0) is 14.4 Å². The van der Waals surface area contributed by atoms with Crippen molar-refractivity contribution in [2.45, 2.75) is 25.2 Å². The lowest BCUT2D eigenvalue weighted by Gasteiger charge is -2.21. The number of ether oxygens (including phenoxy) is 1. The maximum Gasteiger partial charge on any atom is 0.408 e. The molecule has 1 heterocycles. The second-order valence-electron chi connectivity index (χ2n) is 4.23. The standard InChI is InChI=1S/C13H15NO6/c1-2-19-13(17)9-11(16)12(20-14(9)18)10(15)8-6-4-3-5-7-8/h3-7,10-12,15-16H,2H2,1H3/t10-,11-,12+/m0/s1. The van der Waals surface area contributed by atoms with Crippen LogP contribution < -0.4 is 0 Å². The lowest BCUT2D eigenvalue weighted by atomic mass is 9.98. The summed E-state index contributed by atoms with van der Waals surface area (Å²) in [6, 6.07) is 8.41. The molecule has 7 heteroatoms. The van der Waals surface area contributed by atoms with Crippen molar-refractivity contribution in [2.75, 3.05) is 6.61 Å². The number of nitrogens with zero attached hydrogens (tertiary/aromatic N) is 1. The van der Waals surface area contributed by atoms with Crippen molar-refractivity contribution in [3.63, 3.8) is 0 Å². The number of aliphatic hydroxyl groups is 2. The average Bonchev–Trinajstić information content (AvgIpc) is 2.74. The minimum absolute atomic E-state index is 0.0643. The molecular formula is C13H15NO6. The number of rotatable bonds is 4. The molecule has 1 aromatic carbocycles. The highest BCUT2D eigenvalue weighted by Crippen LogP contribution is 2.26. The van der Waals surface area contributed by atoms with Gasteiger partial charge in [-0.2, -0.15) is 0 Å². The molecule has 1 aliphatic rings. The molecule has 0 radical (unpaired) electrons. The van der Waals surface area contributed by atoms with Crippen molar-refractivity contribution in [3.8, 4) is 0 Å². The topological polar surface area (TPSA) is 102 Å². The van der Waals surface area contributed by atoms with E-state index < -0.39 is 30.0 Å². The molecule has 0 spiro atoms. The van der Waals surface area contributed by atoms with E-state index in [-0.39, 0.29) is 11.5 Å². The SMILES string of the molecule is CCOC(=O)C1=[N+]([O-])O[C@H]([C@@H](O)c2ccccc2)[C@H]1O. The third-order valence-corrected chi connectivity index (χ3v) is 2.94. The number of carbonyl (C=O) groups excluding carboxylic acids is 1. The molecule has 20 heavy (non-hydrogen) atoms. The fraction of sp³-hybridized carbons (Fsp3) is 0.385. The summed E-state index contributed by atoms with van der Waals surface area (Å²) in [6.45, 7) is 1.64. The molecule has 0 saturated carbocycles. The maximum atomic E-state index is 11.5. The normalized spacial score (nSPS) is 23.4. The molecule has 1 aromatic rings. The van der Waals surface area contributed by atoms with Gasteiger partial charge in [-0.15, -0.1) is 0 Å². The van der Waals surface area contributed by atoms with E-state index in [0.717, 1.165) is 0 Å². The Bertz CT molecular complexity index is 515. The molecular weight excluding hydrogens is 266 g/mol. The highest BCUT2D eigenvalue weighted by Gasteiger charge is 2.47. The summed E-state index contributed by atoms with van der Waals surface area (Å²) in [5, 5.41) is 31.6. The monoisotopic (exact) mass is 281 g/mol. The van der Waals surface area contributed by atoms with Gasteiger partial charge in [0.1, 0.15) is 6.10 Å². The van der Waals surface area contributed by atoms with Gasteiger partial charge in [-0.1, -0.05) is 30.3 Å². The zero-order chi connectivity index (χ0) is 14.7. The van der Waals surface area contributed by atoms with Gasteiger partial charge < -0.3 is 19.8 Å². The summed E-state index contributed by atoms with van der Waals surface area (Å²) in [4.78, 5) is 16.3. The third-order valence-electron chi connectivity index (χ3n) is 2.94. The van der Waals surface area contributed by atoms with Gasteiger partial charge in [0.2, 0.25) is 0 Å². The van der Waals surface area contributed by atoms with E-state index in [1.54, 1.807) is 37.3 Å². The highest BCUT2D eigenvalue weighted by atomic mass is 16.9. The van der Waals surface area contributed by atoms with E-state index in [2.05, 4.69) is 4.74 Å². The van der Waals surface area contributed by atoms with Gasteiger partial charge in [0.15, 0.2) is 6.10 Å². The van der Waals surface area contributed by atoms with Crippen molar-refractivity contribution in [3.05, 3.63) is 41.1 Å². The Morgan fingerprint density at radius 3 is 2.75 bits per heavy atom. The van der Waals surface area contributed by atoms with Gasteiger partial charge in [-0.05, 0) is 12.5 Å². The predicted octanol–water partition coefficient (Wildman–Crippen LogP) is -0.0909. The number of hydrogen-bond donors (Lipinski definition) is 2. The number of benzene rings is 1. The lowest BCUT2D eigenvalue weighted by molar-refractivity contribution is -0.742. The Kier molecular flexibility index (Phi) is 4.21. The van der Waals surface area contributed by atoms with Crippen LogP contribution in [-0.4, -0.2) is 45.6 Å². The van der Waals surface area contributed by atoms with Gasteiger partial charge in [-0.25, -0.2) is 4.79 Å². The second-order valence-corrected chi connectivity index (χ2v) is 4.23. The predicted molar refractivity (Wildman–Crippen MR) is 67.5 cm³/mol. The first kappa shape index (κ1) is 14.3. The lowest BCUT2D eigenvalue weighted by Crippen LogP contribution is -2.38. The molecule has 0 aliphatic carbocycles. The van der Waals surface area contributed by atoms with Crippen LogP contribution in [0, 0.1) is 5.21 Å². The Morgan fingerprint density at radius 1 is 1.50 bits per heavy atom. The molecule has 0 fully saturated rings. The first-order valence-corrected chi connectivity index (χ1v) is 6.15. The number of esters is 1. The van der Waals surface area contributed by atoms with E-state index in [4.69, 9.17) is 4.84 Å². The van der Waals surface area contributed by atoms with Crippen molar-refractivity contribution in [1.82, 2.24) is 0 Å². The summed E-state index contributed by atoms with van der Waals surface area (Å²) in [5.41, 5.74) is -0.0955. The number of carbonyl (C=O) groups is 1. The molecule has 0 unspecified atom stereocenters. The molecule has 0 bridgehead atoms. The van der Waals surface area contributed by atoms with Gasteiger partial charge in [0, 0.05) is 0 Å². The highest BCUT2D eigenvalue weighted by molar-refractivity contribution is 6.36. The fourth-order valence-electron chi connectivity index (χ4n) is 1.96. The van der Waals surface area contributed by atoms with Gasteiger partial charge >= 0.3 is 11.7 Å². The van der Waals surface area contributed by atoms with Gasteiger partial charge in [-0.3, -0.25) is 5.21 Å². The molecule has 0 amide bonds. The molecule has 7 nitrogen and oxygen atoms in total. The van der Waals surface area contributed by atoms with Crippen LogP contribution in [0.4, 0.5) is 0 Å². The van der Waals surface area contributed by atoms with Crippen molar-refractivity contribution in [1.29, 1.82) is 0 Å². The minimum Gasteiger partial charge on any atom is -0.458 e. The average molecular weight is 281 g/mol. The van der Waals surface area contributed by atoms with Crippen LogP contribution in [0.1, 0.15) is 18.6 Å². The Labute approximate surface area is 115 Å². The van der Waals surface area contributed by atoms with Crippen molar-refractivity contribution >= 4 is 11.7 Å². The van der Waals surface area contributed by atoms with E-state index in [0.29, 0.717) is 5.56 Å². The molecule has 0 saturated heterocycles. The molecule has 3 atom stereocenters. The van der Waals surface area contributed by atoms with Gasteiger partial charge in [0.05, 0.1) is 17.6 Å². The summed E-state index contributed by atoms with van der Waals surface area (Å²) in [5.74, 6) is -0.960. The largest absolute Gasteiger partial charge is 0.458 e. The molecule has 108 valence electrons. The summed E-state index contributed by atoms with van der Waals surface area (Å²) < 4.78 is 4.66. The fourth-order valence-corrected chi connectivity index (χ4v) is 1.96. The van der Waals surface area contributed by atoms with Crippen LogP contribution >= 0.6 is 0 Å². The smallest absolute Gasteiger partial charge is 0.408 e. The van der Waals surface area contributed by atoms with E-state index >= 15 is 0 Å². The van der Waals surface area contributed by atoms with Crippen LogP contribution in [0.5, 0.6) is 0 Å². The maximum absolute atomic E-state index is 11.5. The number of aliphatic hydroxyl groups excluding tert-OH is 2. The molecule has 1 aliphatic heterocycles. The molecule has 2 rings (SSSR count). The van der Waals surface area contributed by atoms with E-state index in [1.807, 2.05) is 0 Å².